The number of carbonyl (C=O) groups is 1. The summed E-state index contributed by atoms with van der Waals surface area (Å²) in [5.74, 6) is 1.11. The van der Waals surface area contributed by atoms with Crippen molar-refractivity contribution in [1.29, 1.82) is 0 Å². The number of amidine groups is 1. The van der Waals surface area contributed by atoms with Gasteiger partial charge in [-0.05, 0) is 55.2 Å². The lowest BCUT2D eigenvalue weighted by Gasteiger charge is -2.32. The maximum absolute atomic E-state index is 12.8. The monoisotopic (exact) mass is 453 g/mol. The number of hydrogen-bond donors (Lipinski definition) is 1. The van der Waals surface area contributed by atoms with E-state index >= 15 is 0 Å². The molecule has 2 aromatic rings. The van der Waals surface area contributed by atoms with Crippen LogP contribution in [-0.2, 0) is 21.4 Å². The molecule has 0 bridgehead atoms. The molecule has 0 aromatic heterocycles. The Morgan fingerprint density at radius 2 is 1.75 bits per heavy atom. The van der Waals surface area contributed by atoms with E-state index in [-0.39, 0.29) is 16.7 Å². The van der Waals surface area contributed by atoms with Crippen LogP contribution in [0.1, 0.15) is 30.9 Å². The molecule has 7 nitrogen and oxygen atoms in total. The summed E-state index contributed by atoms with van der Waals surface area (Å²) in [5.41, 5.74) is 2.30. The third-order valence-electron chi connectivity index (χ3n) is 5.97. The SMILES string of the molecule is COc1ccc(C2=C(C)C(N3CCC(C(=O)NCc4ccccc4)CC3)=NS2(=O)=O)cc1. The summed E-state index contributed by atoms with van der Waals surface area (Å²) in [6, 6.07) is 16.8. The first-order chi connectivity index (χ1) is 15.4. The molecular formula is C24H27N3O4S. The second kappa shape index (κ2) is 9.16. The quantitative estimate of drug-likeness (QED) is 0.751. The van der Waals surface area contributed by atoms with Gasteiger partial charge in [0.2, 0.25) is 5.91 Å². The summed E-state index contributed by atoms with van der Waals surface area (Å²) >= 11 is 0. The molecule has 0 saturated carbocycles. The van der Waals surface area contributed by atoms with E-state index in [1.54, 1.807) is 38.3 Å². The van der Waals surface area contributed by atoms with Gasteiger partial charge in [0.1, 0.15) is 16.5 Å². The molecule has 168 valence electrons. The number of amides is 1. The normalized spacial score (nSPS) is 18.4. The lowest BCUT2D eigenvalue weighted by molar-refractivity contribution is -0.126. The van der Waals surface area contributed by atoms with Crippen molar-refractivity contribution in [3.05, 3.63) is 71.3 Å². The van der Waals surface area contributed by atoms with E-state index in [9.17, 15) is 13.2 Å². The summed E-state index contributed by atoms with van der Waals surface area (Å²) in [6.45, 7) is 3.48. The Bertz CT molecular complexity index is 1150. The molecule has 0 unspecified atom stereocenters. The number of rotatable bonds is 5. The van der Waals surface area contributed by atoms with E-state index < -0.39 is 10.0 Å². The van der Waals surface area contributed by atoms with Gasteiger partial charge in [0.05, 0.1) is 7.11 Å². The Kier molecular flexibility index (Phi) is 6.32. The number of benzene rings is 2. The van der Waals surface area contributed by atoms with Crippen molar-refractivity contribution in [1.82, 2.24) is 10.2 Å². The molecule has 2 aliphatic rings. The summed E-state index contributed by atoms with van der Waals surface area (Å²) in [5, 5.41) is 3.01. The lowest BCUT2D eigenvalue weighted by Crippen LogP contribution is -2.43. The van der Waals surface area contributed by atoms with E-state index in [4.69, 9.17) is 4.74 Å². The van der Waals surface area contributed by atoms with Gasteiger partial charge in [0.15, 0.2) is 0 Å². The minimum absolute atomic E-state index is 0.0423. The third-order valence-corrected chi connectivity index (χ3v) is 7.44. The van der Waals surface area contributed by atoms with Gasteiger partial charge < -0.3 is 15.0 Å². The highest BCUT2D eigenvalue weighted by Crippen LogP contribution is 2.35. The topological polar surface area (TPSA) is 88.1 Å². The van der Waals surface area contributed by atoms with Crippen LogP contribution in [0.15, 0.2) is 64.6 Å². The highest BCUT2D eigenvalue weighted by molar-refractivity contribution is 8.00. The number of carbonyl (C=O) groups excluding carboxylic acids is 1. The van der Waals surface area contributed by atoms with E-state index in [2.05, 4.69) is 9.71 Å². The first-order valence-corrected chi connectivity index (χ1v) is 12.1. The van der Waals surface area contributed by atoms with Crippen molar-refractivity contribution in [2.24, 2.45) is 10.3 Å². The van der Waals surface area contributed by atoms with E-state index in [1.165, 1.54) is 0 Å². The smallest absolute Gasteiger partial charge is 0.285 e. The second-order valence-corrected chi connectivity index (χ2v) is 9.58. The molecule has 2 aromatic carbocycles. The van der Waals surface area contributed by atoms with Crippen LogP contribution in [0.3, 0.4) is 0 Å². The molecule has 4 rings (SSSR count). The predicted octanol–water partition coefficient (Wildman–Crippen LogP) is 3.20. The fourth-order valence-electron chi connectivity index (χ4n) is 4.21. The van der Waals surface area contributed by atoms with Crippen LogP contribution < -0.4 is 10.1 Å². The lowest BCUT2D eigenvalue weighted by atomic mass is 9.95. The van der Waals surface area contributed by atoms with E-state index in [0.29, 0.717) is 55.2 Å². The Morgan fingerprint density at radius 1 is 1.09 bits per heavy atom. The van der Waals surface area contributed by atoms with Crippen LogP contribution in [0.2, 0.25) is 0 Å². The Hall–Kier alpha value is -3.13. The molecule has 1 N–H and O–H groups in total. The molecule has 1 amide bonds. The summed E-state index contributed by atoms with van der Waals surface area (Å²) in [7, 11) is -2.20. The highest BCUT2D eigenvalue weighted by Gasteiger charge is 2.35. The van der Waals surface area contributed by atoms with Crippen molar-refractivity contribution in [3.8, 4) is 5.75 Å². The second-order valence-electron chi connectivity index (χ2n) is 8.04. The molecule has 2 heterocycles. The van der Waals surface area contributed by atoms with Crippen LogP contribution in [-0.4, -0.2) is 45.3 Å². The third kappa shape index (κ3) is 4.55. The van der Waals surface area contributed by atoms with E-state index in [0.717, 1.165) is 5.56 Å². The molecule has 0 aliphatic carbocycles. The zero-order valence-electron chi connectivity index (χ0n) is 18.2. The minimum Gasteiger partial charge on any atom is -0.497 e. The summed E-state index contributed by atoms with van der Waals surface area (Å²) < 4.78 is 34.9. The van der Waals surface area contributed by atoms with Gasteiger partial charge in [0, 0.05) is 31.1 Å². The number of nitrogens with one attached hydrogen (secondary N) is 1. The Balaban J connectivity index is 1.41. The zero-order chi connectivity index (χ0) is 22.7. The number of sulfonamides is 1. The fraction of sp³-hybridized carbons (Fsp3) is 0.333. The highest BCUT2D eigenvalue weighted by atomic mass is 32.2. The van der Waals surface area contributed by atoms with Crippen molar-refractivity contribution in [2.75, 3.05) is 20.2 Å². The maximum Gasteiger partial charge on any atom is 0.285 e. The number of ether oxygens (including phenoxy) is 1. The number of hydrogen-bond acceptors (Lipinski definition) is 5. The van der Waals surface area contributed by atoms with Crippen LogP contribution in [0, 0.1) is 5.92 Å². The minimum atomic E-state index is -3.77. The molecule has 0 atom stereocenters. The zero-order valence-corrected chi connectivity index (χ0v) is 19.1. The van der Waals surface area contributed by atoms with Gasteiger partial charge in [-0.2, -0.15) is 8.42 Å². The largest absolute Gasteiger partial charge is 0.497 e. The molecule has 32 heavy (non-hydrogen) atoms. The van der Waals surface area contributed by atoms with Crippen molar-refractivity contribution >= 4 is 26.7 Å². The van der Waals surface area contributed by atoms with Gasteiger partial charge in [-0.25, -0.2) is 0 Å². The summed E-state index contributed by atoms with van der Waals surface area (Å²) in [6.07, 6.45) is 1.32. The van der Waals surface area contributed by atoms with Crippen LogP contribution in [0.4, 0.5) is 0 Å². The number of likely N-dealkylation sites (tertiary alicyclic amines) is 1. The Morgan fingerprint density at radius 3 is 2.38 bits per heavy atom. The molecule has 8 heteroatoms. The molecular weight excluding hydrogens is 426 g/mol. The molecule has 1 saturated heterocycles. The Labute approximate surface area is 188 Å². The maximum atomic E-state index is 12.8. The van der Waals surface area contributed by atoms with Crippen LogP contribution in [0.25, 0.3) is 4.91 Å². The number of methoxy groups -OCH3 is 1. The van der Waals surface area contributed by atoms with Gasteiger partial charge >= 0.3 is 0 Å². The molecule has 1 fully saturated rings. The molecule has 2 aliphatic heterocycles. The van der Waals surface area contributed by atoms with Gasteiger partial charge in [0.25, 0.3) is 10.0 Å². The number of nitrogens with zero attached hydrogens (tertiary/aromatic N) is 2. The molecule has 0 radical (unpaired) electrons. The van der Waals surface area contributed by atoms with Crippen LogP contribution in [0.5, 0.6) is 5.75 Å². The fourth-order valence-corrected chi connectivity index (χ4v) is 5.69. The van der Waals surface area contributed by atoms with Crippen molar-refractivity contribution in [3.63, 3.8) is 0 Å². The van der Waals surface area contributed by atoms with Gasteiger partial charge in [-0.1, -0.05) is 30.3 Å². The average Bonchev–Trinajstić information content (AvgIpc) is 3.06. The van der Waals surface area contributed by atoms with Gasteiger partial charge in [-0.15, -0.1) is 4.40 Å². The average molecular weight is 454 g/mol. The van der Waals surface area contributed by atoms with Crippen LogP contribution >= 0.6 is 0 Å². The number of piperidine rings is 1. The standard InChI is InChI=1S/C24H27N3O4S/c1-17-22(19-8-10-21(31-2)11-9-19)32(29,30)26-23(17)27-14-12-20(13-15-27)24(28)25-16-18-6-4-3-5-7-18/h3-11,20H,12-16H2,1-2H3,(H,25,28). The van der Waals surface area contributed by atoms with E-state index in [1.807, 2.05) is 35.2 Å². The predicted molar refractivity (Wildman–Crippen MR) is 125 cm³/mol. The first kappa shape index (κ1) is 22.1. The van der Waals surface area contributed by atoms with Gasteiger partial charge in [-0.3, -0.25) is 4.79 Å². The van der Waals surface area contributed by atoms with Crippen molar-refractivity contribution < 1.29 is 17.9 Å². The molecule has 0 spiro atoms. The van der Waals surface area contributed by atoms with Crippen molar-refractivity contribution in [2.45, 2.75) is 26.3 Å². The summed E-state index contributed by atoms with van der Waals surface area (Å²) in [4.78, 5) is 14.8. The first-order valence-electron chi connectivity index (χ1n) is 10.7.